The third kappa shape index (κ3) is 3.86. The van der Waals surface area contributed by atoms with Crippen LogP contribution in [0.2, 0.25) is 5.02 Å². The van der Waals surface area contributed by atoms with Gasteiger partial charge in [0.2, 0.25) is 0 Å². The van der Waals surface area contributed by atoms with E-state index in [-0.39, 0.29) is 17.2 Å². The zero-order chi connectivity index (χ0) is 18.5. The number of nitrogens with zero attached hydrogens (tertiary/aromatic N) is 2. The monoisotopic (exact) mass is 371 g/mol. The van der Waals surface area contributed by atoms with Gasteiger partial charge in [-0.25, -0.2) is 4.68 Å². The summed E-state index contributed by atoms with van der Waals surface area (Å²) in [6, 6.07) is 14.0. The van der Waals surface area contributed by atoms with Crippen molar-refractivity contribution in [1.82, 2.24) is 15.1 Å². The Morgan fingerprint density at radius 3 is 2.54 bits per heavy atom. The number of fused-ring (bicyclic) bond motifs is 1. The molecule has 3 aromatic rings. The van der Waals surface area contributed by atoms with Gasteiger partial charge in [-0.05, 0) is 30.3 Å². The third-order valence-electron chi connectivity index (χ3n) is 3.91. The van der Waals surface area contributed by atoms with Crippen LogP contribution >= 0.6 is 11.6 Å². The van der Waals surface area contributed by atoms with Crippen molar-refractivity contribution in [2.45, 2.75) is 13.0 Å². The number of aryl methyl sites for hydroxylation is 1. The molecule has 3 rings (SSSR count). The molecule has 0 spiro atoms. The van der Waals surface area contributed by atoms with E-state index in [4.69, 9.17) is 16.3 Å². The summed E-state index contributed by atoms with van der Waals surface area (Å²) in [6.07, 6.45) is 0.570. The molecule has 2 aromatic carbocycles. The minimum Gasteiger partial charge on any atom is -0.494 e. The second kappa shape index (κ2) is 8.01. The molecular weight excluding hydrogens is 354 g/mol. The number of hydrogen-bond acceptors (Lipinski definition) is 4. The van der Waals surface area contributed by atoms with Gasteiger partial charge in [0.1, 0.15) is 5.75 Å². The Hall–Kier alpha value is -2.86. The van der Waals surface area contributed by atoms with Crippen LogP contribution in [0, 0.1) is 0 Å². The number of nitrogens with one attached hydrogen (secondary N) is 1. The predicted octanol–water partition coefficient (Wildman–Crippen LogP) is 2.88. The van der Waals surface area contributed by atoms with Crippen molar-refractivity contribution < 1.29 is 9.53 Å². The van der Waals surface area contributed by atoms with Gasteiger partial charge in [-0.15, -0.1) is 0 Å². The van der Waals surface area contributed by atoms with E-state index in [2.05, 4.69) is 10.4 Å². The maximum atomic E-state index is 12.6. The van der Waals surface area contributed by atoms with E-state index in [0.717, 1.165) is 0 Å². The molecule has 134 valence electrons. The Kier molecular flexibility index (Phi) is 5.53. The minimum atomic E-state index is -0.327. The molecule has 1 N–H and O–H groups in total. The van der Waals surface area contributed by atoms with Gasteiger partial charge < -0.3 is 10.1 Å². The van der Waals surface area contributed by atoms with E-state index in [1.165, 1.54) is 11.7 Å². The highest BCUT2D eigenvalue weighted by molar-refractivity contribution is 6.30. The molecule has 0 bridgehead atoms. The maximum Gasteiger partial charge on any atom is 0.274 e. The summed E-state index contributed by atoms with van der Waals surface area (Å²) in [6.45, 7) is 0.763. The lowest BCUT2D eigenvalue weighted by Gasteiger charge is -2.11. The fraction of sp³-hybridized carbons (Fsp3) is 0.211. The number of carbonyl (C=O) groups is 1. The molecule has 0 fully saturated rings. The molecule has 0 radical (unpaired) electrons. The Bertz CT molecular complexity index is 983. The van der Waals surface area contributed by atoms with E-state index in [1.54, 1.807) is 48.5 Å². The van der Waals surface area contributed by atoms with Crippen LogP contribution in [0.25, 0.3) is 10.8 Å². The van der Waals surface area contributed by atoms with Crippen LogP contribution in [-0.2, 0) is 6.54 Å². The zero-order valence-corrected chi connectivity index (χ0v) is 15.0. The summed E-state index contributed by atoms with van der Waals surface area (Å²) < 4.78 is 6.95. The molecule has 6 nitrogen and oxygen atoms in total. The van der Waals surface area contributed by atoms with Crippen molar-refractivity contribution in [3.63, 3.8) is 0 Å². The van der Waals surface area contributed by atoms with Crippen LogP contribution in [-0.4, -0.2) is 29.3 Å². The molecule has 0 aliphatic carbocycles. The SMILES string of the molecule is CNC(=O)c1nn(CCCOc2ccc(Cl)cc2)c(=O)c2ccccc12. The van der Waals surface area contributed by atoms with Crippen molar-refractivity contribution in [3.05, 3.63) is 69.6 Å². The molecule has 1 amide bonds. The van der Waals surface area contributed by atoms with E-state index >= 15 is 0 Å². The lowest BCUT2D eigenvalue weighted by molar-refractivity contribution is 0.0957. The zero-order valence-electron chi connectivity index (χ0n) is 14.2. The van der Waals surface area contributed by atoms with Crippen LogP contribution < -0.4 is 15.6 Å². The molecular formula is C19H18ClN3O3. The molecule has 7 heteroatoms. The van der Waals surface area contributed by atoms with Crippen molar-refractivity contribution >= 4 is 28.3 Å². The fourth-order valence-corrected chi connectivity index (χ4v) is 2.73. The van der Waals surface area contributed by atoms with Crippen LogP contribution in [0.3, 0.4) is 0 Å². The molecule has 1 heterocycles. The smallest absolute Gasteiger partial charge is 0.274 e. The summed E-state index contributed by atoms with van der Waals surface area (Å²) in [5.41, 5.74) is 0.0149. The molecule has 26 heavy (non-hydrogen) atoms. The predicted molar refractivity (Wildman–Crippen MR) is 101 cm³/mol. The van der Waals surface area contributed by atoms with Crippen LogP contribution in [0.15, 0.2) is 53.3 Å². The Morgan fingerprint density at radius 1 is 1.15 bits per heavy atom. The molecule has 0 saturated carbocycles. The topological polar surface area (TPSA) is 73.2 Å². The fourth-order valence-electron chi connectivity index (χ4n) is 2.61. The van der Waals surface area contributed by atoms with E-state index in [0.29, 0.717) is 41.1 Å². The standard InChI is InChI=1S/C19H18ClN3O3/c1-21-18(24)17-15-5-2-3-6-16(15)19(25)23(22-17)11-4-12-26-14-9-7-13(20)8-10-14/h2-3,5-10H,4,11-12H2,1H3,(H,21,24). The van der Waals surface area contributed by atoms with Gasteiger partial charge in [-0.2, -0.15) is 5.10 Å². The van der Waals surface area contributed by atoms with Crippen molar-refractivity contribution in [1.29, 1.82) is 0 Å². The number of amides is 1. The van der Waals surface area contributed by atoms with Crippen molar-refractivity contribution in [3.8, 4) is 5.75 Å². The summed E-state index contributed by atoms with van der Waals surface area (Å²) in [7, 11) is 1.54. The van der Waals surface area contributed by atoms with Gasteiger partial charge in [-0.3, -0.25) is 9.59 Å². The van der Waals surface area contributed by atoms with Crippen LogP contribution in [0.1, 0.15) is 16.9 Å². The summed E-state index contributed by atoms with van der Waals surface area (Å²) in [4.78, 5) is 24.7. The average molecular weight is 372 g/mol. The second-order valence-electron chi connectivity index (χ2n) is 5.66. The number of carbonyl (C=O) groups excluding carboxylic acids is 1. The van der Waals surface area contributed by atoms with Gasteiger partial charge >= 0.3 is 0 Å². The maximum absolute atomic E-state index is 12.6. The summed E-state index contributed by atoms with van der Waals surface area (Å²) in [5, 5.41) is 8.47. The van der Waals surface area contributed by atoms with E-state index in [9.17, 15) is 9.59 Å². The van der Waals surface area contributed by atoms with Crippen molar-refractivity contribution in [2.24, 2.45) is 0 Å². The number of aromatic nitrogens is 2. The van der Waals surface area contributed by atoms with E-state index < -0.39 is 0 Å². The first-order valence-corrected chi connectivity index (χ1v) is 8.58. The van der Waals surface area contributed by atoms with E-state index in [1.807, 2.05) is 0 Å². The van der Waals surface area contributed by atoms with Gasteiger partial charge in [0.15, 0.2) is 5.69 Å². The summed E-state index contributed by atoms with van der Waals surface area (Å²) >= 11 is 5.84. The first-order valence-electron chi connectivity index (χ1n) is 8.20. The van der Waals surface area contributed by atoms with Gasteiger partial charge in [0.05, 0.1) is 12.0 Å². The molecule has 0 aliphatic heterocycles. The number of hydrogen-bond donors (Lipinski definition) is 1. The van der Waals surface area contributed by atoms with Gasteiger partial charge in [-0.1, -0.05) is 29.8 Å². The normalized spacial score (nSPS) is 10.7. The van der Waals surface area contributed by atoms with Crippen LogP contribution in [0.5, 0.6) is 5.75 Å². The molecule has 1 aromatic heterocycles. The van der Waals surface area contributed by atoms with Gasteiger partial charge in [0.25, 0.3) is 11.5 Å². The van der Waals surface area contributed by atoms with Gasteiger partial charge in [0, 0.05) is 30.4 Å². The van der Waals surface area contributed by atoms with Crippen LogP contribution in [0.4, 0.5) is 0 Å². The number of ether oxygens (including phenoxy) is 1. The summed E-state index contributed by atoms with van der Waals surface area (Å²) in [5.74, 6) is 0.381. The van der Waals surface area contributed by atoms with Crippen molar-refractivity contribution in [2.75, 3.05) is 13.7 Å². The molecule has 0 saturated heterocycles. The quantitative estimate of drug-likeness (QED) is 0.676. The molecule has 0 unspecified atom stereocenters. The Labute approximate surface area is 155 Å². The molecule has 0 atom stereocenters. The Morgan fingerprint density at radius 2 is 1.85 bits per heavy atom. The first-order chi connectivity index (χ1) is 12.6. The minimum absolute atomic E-state index is 0.222. The largest absolute Gasteiger partial charge is 0.494 e. The second-order valence-corrected chi connectivity index (χ2v) is 6.09. The highest BCUT2D eigenvalue weighted by Gasteiger charge is 2.15. The average Bonchev–Trinajstić information content (AvgIpc) is 2.67. The lowest BCUT2D eigenvalue weighted by atomic mass is 10.1. The number of rotatable bonds is 6. The lowest BCUT2D eigenvalue weighted by Crippen LogP contribution is -2.29. The Balaban J connectivity index is 1.77. The number of benzene rings is 2. The number of halogens is 1. The first kappa shape index (κ1) is 17.9. The highest BCUT2D eigenvalue weighted by Crippen LogP contribution is 2.16. The highest BCUT2D eigenvalue weighted by atomic mass is 35.5. The molecule has 0 aliphatic rings. The third-order valence-corrected chi connectivity index (χ3v) is 4.16.